The average molecular weight is 241 g/mol. The molecule has 1 rings (SSSR count). The number of aryl methyl sites for hydroxylation is 1. The van der Waals surface area contributed by atoms with E-state index in [0.29, 0.717) is 12.2 Å². The number of aromatic nitrogens is 3. The van der Waals surface area contributed by atoms with E-state index in [0.717, 1.165) is 0 Å². The first-order chi connectivity index (χ1) is 7.40. The highest BCUT2D eigenvalue weighted by Crippen LogP contribution is 2.17. The highest BCUT2D eigenvalue weighted by atomic mass is 35.5. The predicted molar refractivity (Wildman–Crippen MR) is 60.6 cm³/mol. The Morgan fingerprint density at radius 1 is 1.44 bits per heavy atom. The molecule has 0 aliphatic rings. The maximum absolute atomic E-state index is 8.95. The van der Waals surface area contributed by atoms with Crippen molar-refractivity contribution in [1.82, 2.24) is 15.0 Å². The van der Waals surface area contributed by atoms with Crippen molar-refractivity contribution in [3.63, 3.8) is 0 Å². The van der Waals surface area contributed by atoms with Crippen LogP contribution in [-0.4, -0.2) is 20.5 Å². The van der Waals surface area contributed by atoms with Gasteiger partial charge in [0.1, 0.15) is 11.4 Å². The summed E-state index contributed by atoms with van der Waals surface area (Å²) in [7, 11) is 0. The lowest BCUT2D eigenvalue weighted by Crippen LogP contribution is -2.49. The van der Waals surface area contributed by atoms with Crippen LogP contribution in [0.15, 0.2) is 0 Å². The van der Waals surface area contributed by atoms with Crippen LogP contribution in [0.4, 0.5) is 5.95 Å². The van der Waals surface area contributed by atoms with Gasteiger partial charge in [0.2, 0.25) is 11.2 Å². The molecule has 1 aromatic rings. The van der Waals surface area contributed by atoms with Gasteiger partial charge in [0.25, 0.3) is 0 Å². The number of nitriles is 1. The SMILES string of the molecule is CCc1nc(Cl)nc(N(N)C(C)(C)C#N)n1. The molecule has 16 heavy (non-hydrogen) atoms. The smallest absolute Gasteiger partial charge is 0.245 e. The van der Waals surface area contributed by atoms with E-state index in [2.05, 4.69) is 21.0 Å². The fraction of sp³-hybridized carbons (Fsp3) is 0.556. The van der Waals surface area contributed by atoms with Crippen molar-refractivity contribution in [2.45, 2.75) is 32.7 Å². The fourth-order valence-corrected chi connectivity index (χ4v) is 1.12. The molecular weight excluding hydrogens is 228 g/mol. The molecule has 1 heterocycles. The Hall–Kier alpha value is -1.45. The summed E-state index contributed by atoms with van der Waals surface area (Å²) in [5.41, 5.74) is -0.907. The van der Waals surface area contributed by atoms with Crippen molar-refractivity contribution in [1.29, 1.82) is 5.26 Å². The summed E-state index contributed by atoms with van der Waals surface area (Å²) in [5.74, 6) is 6.51. The zero-order valence-corrected chi connectivity index (χ0v) is 10.2. The maximum atomic E-state index is 8.95. The third-order valence-corrected chi connectivity index (χ3v) is 2.22. The minimum Gasteiger partial charge on any atom is -0.259 e. The topological polar surface area (TPSA) is 91.7 Å². The summed E-state index contributed by atoms with van der Waals surface area (Å²) >= 11 is 5.74. The number of halogens is 1. The number of hydrogen-bond acceptors (Lipinski definition) is 6. The molecule has 0 unspecified atom stereocenters. The zero-order valence-electron chi connectivity index (χ0n) is 9.40. The Balaban J connectivity index is 3.14. The van der Waals surface area contributed by atoms with Crippen molar-refractivity contribution in [3.8, 4) is 6.07 Å². The van der Waals surface area contributed by atoms with Gasteiger partial charge in [0.15, 0.2) is 0 Å². The lowest BCUT2D eigenvalue weighted by molar-refractivity contribution is 0.569. The molecule has 0 bridgehead atoms. The van der Waals surface area contributed by atoms with Crippen LogP contribution in [0.5, 0.6) is 0 Å². The summed E-state index contributed by atoms with van der Waals surface area (Å²) in [6.07, 6.45) is 0.621. The van der Waals surface area contributed by atoms with Crippen LogP contribution in [0.1, 0.15) is 26.6 Å². The van der Waals surface area contributed by atoms with Gasteiger partial charge < -0.3 is 0 Å². The molecule has 0 atom stereocenters. The zero-order chi connectivity index (χ0) is 12.3. The van der Waals surface area contributed by atoms with Crippen LogP contribution in [0.25, 0.3) is 0 Å². The van der Waals surface area contributed by atoms with Crippen molar-refractivity contribution >= 4 is 17.5 Å². The average Bonchev–Trinajstić information content (AvgIpc) is 2.27. The minimum atomic E-state index is -0.907. The third kappa shape index (κ3) is 2.56. The second kappa shape index (κ2) is 4.60. The molecular formula is C9H13ClN6. The van der Waals surface area contributed by atoms with Crippen LogP contribution in [0, 0.1) is 11.3 Å². The Morgan fingerprint density at radius 2 is 2.06 bits per heavy atom. The molecule has 0 saturated carbocycles. The van der Waals surface area contributed by atoms with Crippen LogP contribution < -0.4 is 10.9 Å². The molecule has 7 heteroatoms. The molecule has 0 fully saturated rings. The summed E-state index contributed by atoms with van der Waals surface area (Å²) in [6.45, 7) is 5.22. The summed E-state index contributed by atoms with van der Waals surface area (Å²) in [6, 6.07) is 2.05. The van der Waals surface area contributed by atoms with E-state index in [1.807, 2.05) is 6.92 Å². The number of nitrogens with zero attached hydrogens (tertiary/aromatic N) is 5. The van der Waals surface area contributed by atoms with Crippen molar-refractivity contribution < 1.29 is 0 Å². The maximum Gasteiger partial charge on any atom is 0.245 e. The van der Waals surface area contributed by atoms with Gasteiger partial charge >= 0.3 is 0 Å². The Bertz CT molecular complexity index is 424. The molecule has 0 amide bonds. The molecule has 0 aliphatic carbocycles. The molecule has 1 aromatic heterocycles. The number of hydrogen-bond donors (Lipinski definition) is 1. The summed E-state index contributed by atoms with van der Waals surface area (Å²) in [4.78, 5) is 11.9. The van der Waals surface area contributed by atoms with E-state index in [-0.39, 0.29) is 11.2 Å². The quantitative estimate of drug-likeness (QED) is 0.628. The van der Waals surface area contributed by atoms with Gasteiger partial charge in [-0.25, -0.2) is 10.8 Å². The molecule has 6 nitrogen and oxygen atoms in total. The van der Waals surface area contributed by atoms with Crippen LogP contribution in [0.2, 0.25) is 5.28 Å². The van der Waals surface area contributed by atoms with E-state index in [4.69, 9.17) is 22.7 Å². The second-order valence-electron chi connectivity index (χ2n) is 3.72. The summed E-state index contributed by atoms with van der Waals surface area (Å²) < 4.78 is 0. The third-order valence-electron chi connectivity index (χ3n) is 2.05. The van der Waals surface area contributed by atoms with Gasteiger partial charge in [-0.1, -0.05) is 6.92 Å². The van der Waals surface area contributed by atoms with Crippen LogP contribution in [-0.2, 0) is 6.42 Å². The standard InChI is InChI=1S/C9H13ClN6/c1-4-6-13-7(10)15-8(14-6)16(12)9(2,3)5-11/h4,12H2,1-3H3. The molecule has 0 radical (unpaired) electrons. The molecule has 2 N–H and O–H groups in total. The molecule has 86 valence electrons. The van der Waals surface area contributed by atoms with Crippen LogP contribution >= 0.6 is 11.6 Å². The highest BCUT2D eigenvalue weighted by Gasteiger charge is 2.26. The largest absolute Gasteiger partial charge is 0.259 e. The number of hydrazine groups is 1. The lowest BCUT2D eigenvalue weighted by atomic mass is 10.1. The second-order valence-corrected chi connectivity index (χ2v) is 4.05. The van der Waals surface area contributed by atoms with Gasteiger partial charge in [0, 0.05) is 6.42 Å². The Morgan fingerprint density at radius 3 is 2.56 bits per heavy atom. The van der Waals surface area contributed by atoms with Gasteiger partial charge in [-0.05, 0) is 25.4 Å². The number of rotatable bonds is 3. The predicted octanol–water partition coefficient (Wildman–Crippen LogP) is 1.07. The van der Waals surface area contributed by atoms with E-state index < -0.39 is 5.54 Å². The van der Waals surface area contributed by atoms with Crippen LogP contribution in [0.3, 0.4) is 0 Å². The molecule has 0 saturated heterocycles. The first-order valence-corrected chi connectivity index (χ1v) is 5.15. The van der Waals surface area contributed by atoms with Crippen molar-refractivity contribution in [3.05, 3.63) is 11.1 Å². The van der Waals surface area contributed by atoms with E-state index in [1.54, 1.807) is 13.8 Å². The highest BCUT2D eigenvalue weighted by molar-refractivity contribution is 6.28. The summed E-state index contributed by atoms with van der Waals surface area (Å²) in [5, 5.41) is 10.2. The number of anilines is 1. The van der Waals surface area contributed by atoms with E-state index >= 15 is 0 Å². The van der Waals surface area contributed by atoms with Gasteiger partial charge in [-0.3, -0.25) is 5.01 Å². The van der Waals surface area contributed by atoms with Crippen molar-refractivity contribution in [2.24, 2.45) is 5.84 Å². The molecule has 0 aliphatic heterocycles. The monoisotopic (exact) mass is 240 g/mol. The fourth-order valence-electron chi connectivity index (χ4n) is 0.949. The normalized spacial score (nSPS) is 11.0. The first kappa shape index (κ1) is 12.6. The molecule has 0 spiro atoms. The van der Waals surface area contributed by atoms with Gasteiger partial charge in [-0.2, -0.15) is 15.2 Å². The van der Waals surface area contributed by atoms with Gasteiger partial charge in [0.05, 0.1) is 6.07 Å². The van der Waals surface area contributed by atoms with Crippen molar-refractivity contribution in [2.75, 3.05) is 5.01 Å². The molecule has 0 aromatic carbocycles. The first-order valence-electron chi connectivity index (χ1n) is 4.77. The Labute approximate surface area is 99.0 Å². The lowest BCUT2D eigenvalue weighted by Gasteiger charge is -2.28. The Kier molecular flexibility index (Phi) is 3.62. The van der Waals surface area contributed by atoms with Gasteiger partial charge in [-0.15, -0.1) is 0 Å². The minimum absolute atomic E-state index is 0.0750. The number of nitrogens with two attached hydrogens (primary N) is 1. The van der Waals surface area contributed by atoms with E-state index in [1.165, 1.54) is 5.01 Å². The van der Waals surface area contributed by atoms with E-state index in [9.17, 15) is 0 Å².